The number of hydrogen-bond donors (Lipinski definition) is 2. The first-order valence-electron chi connectivity index (χ1n) is 6.37. The lowest BCUT2D eigenvalue weighted by molar-refractivity contribution is 0.601. The van der Waals surface area contributed by atoms with Gasteiger partial charge in [0.2, 0.25) is 0 Å². The minimum Gasteiger partial charge on any atom is -0.398 e. The van der Waals surface area contributed by atoms with Crippen molar-refractivity contribution in [1.29, 1.82) is 0 Å². The van der Waals surface area contributed by atoms with Crippen LogP contribution < -0.4 is 10.5 Å². The molecule has 0 saturated heterocycles. The van der Waals surface area contributed by atoms with Crippen molar-refractivity contribution in [3.8, 4) is 0 Å². The standard InChI is InChI=1S/C15H17BrN2O2S/c1-9-7-11(3)14(12(16)8-9)18-21(19,20)15-10(2)5-4-6-13(15)17/h4-8,18H,17H2,1-3H3. The van der Waals surface area contributed by atoms with E-state index in [1.165, 1.54) is 0 Å². The Balaban J connectivity index is 2.53. The van der Waals surface area contributed by atoms with E-state index in [4.69, 9.17) is 5.73 Å². The van der Waals surface area contributed by atoms with Crippen LogP contribution in [-0.4, -0.2) is 8.42 Å². The highest BCUT2D eigenvalue weighted by atomic mass is 79.9. The van der Waals surface area contributed by atoms with Gasteiger partial charge in [-0.3, -0.25) is 4.72 Å². The van der Waals surface area contributed by atoms with Crippen molar-refractivity contribution >= 4 is 37.3 Å². The van der Waals surface area contributed by atoms with Gasteiger partial charge in [0, 0.05) is 4.47 Å². The van der Waals surface area contributed by atoms with Crippen molar-refractivity contribution < 1.29 is 8.42 Å². The maximum Gasteiger partial charge on any atom is 0.264 e. The summed E-state index contributed by atoms with van der Waals surface area (Å²) in [4.78, 5) is 0.122. The molecule has 0 saturated carbocycles. The maximum atomic E-state index is 12.6. The molecule has 6 heteroatoms. The van der Waals surface area contributed by atoms with Gasteiger partial charge in [-0.1, -0.05) is 18.2 Å². The van der Waals surface area contributed by atoms with Crippen LogP contribution in [0.5, 0.6) is 0 Å². The highest BCUT2D eigenvalue weighted by Gasteiger charge is 2.21. The molecule has 0 radical (unpaired) electrons. The Morgan fingerprint density at radius 1 is 1.10 bits per heavy atom. The summed E-state index contributed by atoms with van der Waals surface area (Å²) in [6, 6.07) is 8.83. The molecule has 0 atom stereocenters. The van der Waals surface area contributed by atoms with E-state index in [-0.39, 0.29) is 10.6 Å². The molecule has 0 aromatic heterocycles. The number of benzene rings is 2. The number of anilines is 2. The van der Waals surface area contributed by atoms with E-state index in [9.17, 15) is 8.42 Å². The Hall–Kier alpha value is -1.53. The SMILES string of the molecule is Cc1cc(C)c(NS(=O)(=O)c2c(C)cccc2N)c(Br)c1. The lowest BCUT2D eigenvalue weighted by atomic mass is 10.1. The Kier molecular flexibility index (Phi) is 4.30. The van der Waals surface area contributed by atoms with Crippen LogP contribution in [0.2, 0.25) is 0 Å². The van der Waals surface area contributed by atoms with Crippen molar-refractivity contribution in [2.24, 2.45) is 0 Å². The summed E-state index contributed by atoms with van der Waals surface area (Å²) in [6.07, 6.45) is 0. The molecule has 3 N–H and O–H groups in total. The molecule has 0 heterocycles. The number of sulfonamides is 1. The van der Waals surface area contributed by atoms with Gasteiger partial charge < -0.3 is 5.73 Å². The van der Waals surface area contributed by atoms with Crippen molar-refractivity contribution in [2.45, 2.75) is 25.7 Å². The smallest absolute Gasteiger partial charge is 0.264 e. The number of rotatable bonds is 3. The average Bonchev–Trinajstić information content (AvgIpc) is 2.33. The minimum absolute atomic E-state index is 0.122. The zero-order valence-corrected chi connectivity index (χ0v) is 14.5. The van der Waals surface area contributed by atoms with Gasteiger partial charge >= 0.3 is 0 Å². The summed E-state index contributed by atoms with van der Waals surface area (Å²) in [5.41, 5.74) is 9.11. The highest BCUT2D eigenvalue weighted by molar-refractivity contribution is 9.10. The van der Waals surface area contributed by atoms with E-state index in [2.05, 4.69) is 20.7 Å². The van der Waals surface area contributed by atoms with Gasteiger partial charge in [-0.05, 0) is 65.5 Å². The fraction of sp³-hybridized carbons (Fsp3) is 0.200. The predicted octanol–water partition coefficient (Wildman–Crippen LogP) is 3.76. The Morgan fingerprint density at radius 2 is 1.76 bits per heavy atom. The largest absolute Gasteiger partial charge is 0.398 e. The van der Waals surface area contributed by atoms with E-state index in [0.717, 1.165) is 11.1 Å². The van der Waals surface area contributed by atoms with Crippen molar-refractivity contribution in [2.75, 3.05) is 10.5 Å². The molecule has 0 bridgehead atoms. The van der Waals surface area contributed by atoms with Crippen molar-refractivity contribution in [1.82, 2.24) is 0 Å². The molecule has 0 spiro atoms. The topological polar surface area (TPSA) is 72.2 Å². The van der Waals surface area contributed by atoms with Gasteiger partial charge in [-0.15, -0.1) is 0 Å². The van der Waals surface area contributed by atoms with Crippen molar-refractivity contribution in [3.63, 3.8) is 0 Å². The summed E-state index contributed by atoms with van der Waals surface area (Å²) >= 11 is 3.40. The summed E-state index contributed by atoms with van der Waals surface area (Å²) in [5, 5.41) is 0. The third-order valence-electron chi connectivity index (χ3n) is 3.18. The Labute approximate surface area is 133 Å². The summed E-state index contributed by atoms with van der Waals surface area (Å²) in [5.74, 6) is 0. The molecule has 0 aliphatic rings. The first-order valence-corrected chi connectivity index (χ1v) is 8.64. The second-order valence-electron chi connectivity index (χ2n) is 5.04. The van der Waals surface area contributed by atoms with Gasteiger partial charge in [-0.25, -0.2) is 8.42 Å². The lowest BCUT2D eigenvalue weighted by Gasteiger charge is -2.16. The van der Waals surface area contributed by atoms with Gasteiger partial charge in [-0.2, -0.15) is 0 Å². The monoisotopic (exact) mass is 368 g/mol. The van der Waals surface area contributed by atoms with E-state index in [0.29, 0.717) is 15.7 Å². The van der Waals surface area contributed by atoms with Crippen LogP contribution in [0.1, 0.15) is 16.7 Å². The summed E-state index contributed by atoms with van der Waals surface area (Å²) in [7, 11) is -3.74. The maximum absolute atomic E-state index is 12.6. The lowest BCUT2D eigenvalue weighted by Crippen LogP contribution is -2.17. The van der Waals surface area contributed by atoms with Gasteiger partial charge in [0.15, 0.2) is 0 Å². The molecule has 0 amide bonds. The number of nitrogens with one attached hydrogen (secondary N) is 1. The van der Waals surface area contributed by atoms with Crippen LogP contribution in [0.3, 0.4) is 0 Å². The number of hydrogen-bond acceptors (Lipinski definition) is 3. The molecule has 0 fully saturated rings. The second-order valence-corrected chi connectivity index (χ2v) is 7.51. The second kappa shape index (κ2) is 5.69. The molecule has 112 valence electrons. The first-order chi connectivity index (χ1) is 9.72. The quantitative estimate of drug-likeness (QED) is 0.810. The van der Waals surface area contributed by atoms with Crippen LogP contribution in [0.4, 0.5) is 11.4 Å². The van der Waals surface area contributed by atoms with Gasteiger partial charge in [0.05, 0.1) is 11.4 Å². The fourth-order valence-corrected chi connectivity index (χ4v) is 4.69. The number of nitrogen functional groups attached to an aromatic ring is 1. The first kappa shape index (κ1) is 15.9. The summed E-state index contributed by atoms with van der Waals surface area (Å²) < 4.78 is 28.6. The minimum atomic E-state index is -3.74. The van der Waals surface area contributed by atoms with Gasteiger partial charge in [0.1, 0.15) is 4.90 Å². The third-order valence-corrected chi connectivity index (χ3v) is 5.37. The zero-order chi connectivity index (χ0) is 15.8. The van der Waals surface area contributed by atoms with Crippen LogP contribution in [0.25, 0.3) is 0 Å². The van der Waals surface area contributed by atoms with Crippen LogP contribution in [-0.2, 0) is 10.0 Å². The van der Waals surface area contributed by atoms with E-state index < -0.39 is 10.0 Å². The molecule has 0 aliphatic carbocycles. The summed E-state index contributed by atoms with van der Waals surface area (Å²) in [6.45, 7) is 5.54. The molecule has 0 unspecified atom stereocenters. The molecule has 2 rings (SSSR count). The normalized spacial score (nSPS) is 11.4. The van der Waals surface area contributed by atoms with E-state index in [1.807, 2.05) is 26.0 Å². The molecule has 4 nitrogen and oxygen atoms in total. The van der Waals surface area contributed by atoms with Crippen molar-refractivity contribution in [3.05, 3.63) is 51.5 Å². The Morgan fingerprint density at radius 3 is 2.33 bits per heavy atom. The molecular weight excluding hydrogens is 352 g/mol. The Bertz CT molecular complexity index is 758. The fourth-order valence-electron chi connectivity index (χ4n) is 2.27. The molecule has 21 heavy (non-hydrogen) atoms. The number of aryl methyl sites for hydroxylation is 3. The molecule has 2 aromatic rings. The van der Waals surface area contributed by atoms with E-state index >= 15 is 0 Å². The number of nitrogens with two attached hydrogens (primary N) is 1. The predicted molar refractivity (Wildman–Crippen MR) is 90.0 cm³/mol. The zero-order valence-electron chi connectivity index (χ0n) is 12.1. The van der Waals surface area contributed by atoms with Crippen LogP contribution in [0.15, 0.2) is 39.7 Å². The van der Waals surface area contributed by atoms with Crippen LogP contribution >= 0.6 is 15.9 Å². The van der Waals surface area contributed by atoms with Crippen LogP contribution in [0, 0.1) is 20.8 Å². The van der Waals surface area contributed by atoms with Gasteiger partial charge in [0.25, 0.3) is 10.0 Å². The average molecular weight is 369 g/mol. The van der Waals surface area contributed by atoms with E-state index in [1.54, 1.807) is 25.1 Å². The molecule has 0 aliphatic heterocycles. The molecule has 2 aromatic carbocycles. The highest BCUT2D eigenvalue weighted by Crippen LogP contribution is 2.31. The third kappa shape index (κ3) is 3.22. The molecular formula is C15H17BrN2O2S. The number of halogens is 1.